The molecule has 1 aromatic heterocycles. The summed E-state index contributed by atoms with van der Waals surface area (Å²) in [5, 5.41) is 3.33. The fraction of sp³-hybridized carbons (Fsp3) is 0.462. The Kier molecular flexibility index (Phi) is 4.41. The molecule has 2 rings (SSSR count). The number of fused-ring (bicyclic) bond motifs is 1. The molecule has 0 saturated heterocycles. The Morgan fingerprint density at radius 1 is 1.22 bits per heavy atom. The molecule has 18 heavy (non-hydrogen) atoms. The van der Waals surface area contributed by atoms with Crippen molar-refractivity contribution in [3.63, 3.8) is 0 Å². The molecular weight excluding hydrogens is 226 g/mol. The third kappa shape index (κ3) is 3.63. The molecule has 1 N–H and O–H groups in total. The minimum atomic E-state index is 0.589. The predicted molar refractivity (Wildman–Crippen MR) is 73.4 cm³/mol. The third-order valence-corrected chi connectivity index (χ3v) is 2.69. The lowest BCUT2D eigenvalue weighted by atomic mass is 10.3. The molecule has 0 saturated carbocycles. The van der Waals surface area contributed by atoms with Crippen LogP contribution in [-0.2, 0) is 6.54 Å². The molecule has 1 aliphatic heterocycles. The van der Waals surface area contributed by atoms with E-state index in [1.165, 1.54) is 0 Å². The van der Waals surface area contributed by atoms with Gasteiger partial charge in [-0.25, -0.2) is 0 Å². The highest BCUT2D eigenvalue weighted by molar-refractivity contribution is 5.96. The smallest absolute Gasteiger partial charge is 0.121 e. The van der Waals surface area contributed by atoms with Gasteiger partial charge in [0, 0.05) is 18.9 Å². The Morgan fingerprint density at radius 2 is 2.06 bits per heavy atom. The van der Waals surface area contributed by atoms with Crippen LogP contribution in [0.15, 0.2) is 23.5 Å². The first-order valence-corrected chi connectivity index (χ1v) is 6.17. The number of nitrogens with one attached hydrogen (secondary N) is 1. The van der Waals surface area contributed by atoms with Gasteiger partial charge in [0.05, 0.1) is 17.9 Å². The standard InChI is InChI=1S/C13H19N5/c1-18(2)9-3-6-16-13-5-4-11-12(10-17-13)15-8-7-14-11/h4-5,7-8H,3,6,9-10H2,1-2H3,(H,16,17). The van der Waals surface area contributed by atoms with Crippen LogP contribution in [0, 0.1) is 0 Å². The quantitative estimate of drug-likeness (QED) is 0.802. The van der Waals surface area contributed by atoms with E-state index in [1.54, 1.807) is 12.4 Å². The molecule has 0 amide bonds. The zero-order valence-corrected chi connectivity index (χ0v) is 10.9. The van der Waals surface area contributed by atoms with E-state index in [0.29, 0.717) is 6.54 Å². The largest absolute Gasteiger partial charge is 0.370 e. The fourth-order valence-corrected chi connectivity index (χ4v) is 1.74. The molecule has 5 nitrogen and oxygen atoms in total. The van der Waals surface area contributed by atoms with Crippen molar-refractivity contribution in [1.82, 2.24) is 20.2 Å². The summed E-state index contributed by atoms with van der Waals surface area (Å²) in [5.41, 5.74) is 1.84. The normalized spacial score (nSPS) is 14.1. The Morgan fingerprint density at radius 3 is 2.89 bits per heavy atom. The molecule has 0 unspecified atom stereocenters. The number of aliphatic imine (C=N–C) groups is 1. The van der Waals surface area contributed by atoms with Crippen molar-refractivity contribution >= 4 is 11.9 Å². The molecule has 0 spiro atoms. The zero-order chi connectivity index (χ0) is 12.8. The SMILES string of the molecule is CN(C)CCCNC1=NCc2nccnc2C=C1. The van der Waals surface area contributed by atoms with E-state index in [4.69, 9.17) is 0 Å². The van der Waals surface area contributed by atoms with E-state index in [2.05, 4.69) is 39.3 Å². The summed E-state index contributed by atoms with van der Waals surface area (Å²) in [7, 11) is 4.16. The average Bonchev–Trinajstić information content (AvgIpc) is 2.57. The van der Waals surface area contributed by atoms with Gasteiger partial charge in [0.15, 0.2) is 0 Å². The summed E-state index contributed by atoms with van der Waals surface area (Å²) >= 11 is 0. The van der Waals surface area contributed by atoms with Gasteiger partial charge in [-0.05, 0) is 39.2 Å². The number of amidine groups is 1. The first-order chi connectivity index (χ1) is 8.75. The molecule has 0 atom stereocenters. The molecule has 0 fully saturated rings. The molecule has 5 heteroatoms. The second kappa shape index (κ2) is 6.26. The van der Waals surface area contributed by atoms with E-state index in [1.807, 2.05) is 12.2 Å². The summed E-state index contributed by atoms with van der Waals surface area (Å²) in [6.45, 7) is 2.60. The maximum Gasteiger partial charge on any atom is 0.121 e. The van der Waals surface area contributed by atoms with Crippen LogP contribution < -0.4 is 5.32 Å². The highest BCUT2D eigenvalue weighted by atomic mass is 15.1. The lowest BCUT2D eigenvalue weighted by Gasteiger charge is -2.10. The first kappa shape index (κ1) is 12.7. The van der Waals surface area contributed by atoms with Crippen molar-refractivity contribution in [2.45, 2.75) is 13.0 Å². The maximum atomic E-state index is 4.48. The van der Waals surface area contributed by atoms with E-state index in [-0.39, 0.29) is 0 Å². The minimum absolute atomic E-state index is 0.589. The Labute approximate surface area is 108 Å². The monoisotopic (exact) mass is 245 g/mol. The van der Waals surface area contributed by atoms with Crippen molar-refractivity contribution in [1.29, 1.82) is 0 Å². The Balaban J connectivity index is 1.87. The maximum absolute atomic E-state index is 4.48. The zero-order valence-electron chi connectivity index (χ0n) is 10.9. The van der Waals surface area contributed by atoms with Gasteiger partial charge >= 0.3 is 0 Å². The number of nitrogens with zero attached hydrogens (tertiary/aromatic N) is 4. The lowest BCUT2D eigenvalue weighted by Crippen LogP contribution is -2.25. The van der Waals surface area contributed by atoms with E-state index < -0.39 is 0 Å². The molecule has 2 heterocycles. The predicted octanol–water partition coefficient (Wildman–Crippen LogP) is 0.943. The van der Waals surface area contributed by atoms with Gasteiger partial charge in [0.25, 0.3) is 0 Å². The molecule has 0 aromatic carbocycles. The van der Waals surface area contributed by atoms with Crippen molar-refractivity contribution in [3.8, 4) is 0 Å². The summed E-state index contributed by atoms with van der Waals surface area (Å²) in [6, 6.07) is 0. The van der Waals surface area contributed by atoms with Crippen LogP contribution in [0.3, 0.4) is 0 Å². The van der Waals surface area contributed by atoms with Crippen molar-refractivity contribution in [2.24, 2.45) is 4.99 Å². The Bertz CT molecular complexity index is 450. The van der Waals surface area contributed by atoms with Crippen LogP contribution in [0.4, 0.5) is 0 Å². The van der Waals surface area contributed by atoms with Crippen LogP contribution in [0.2, 0.25) is 0 Å². The van der Waals surface area contributed by atoms with E-state index in [9.17, 15) is 0 Å². The molecule has 0 radical (unpaired) electrons. The molecule has 0 aliphatic carbocycles. The highest BCUT2D eigenvalue weighted by Gasteiger charge is 2.06. The van der Waals surface area contributed by atoms with Gasteiger partial charge in [-0.15, -0.1) is 0 Å². The molecule has 1 aliphatic rings. The van der Waals surface area contributed by atoms with Crippen LogP contribution >= 0.6 is 0 Å². The van der Waals surface area contributed by atoms with Crippen molar-refractivity contribution < 1.29 is 0 Å². The minimum Gasteiger partial charge on any atom is -0.370 e. The summed E-state index contributed by atoms with van der Waals surface area (Å²) in [4.78, 5) is 15.2. The van der Waals surface area contributed by atoms with Crippen LogP contribution in [0.1, 0.15) is 17.8 Å². The van der Waals surface area contributed by atoms with E-state index >= 15 is 0 Å². The van der Waals surface area contributed by atoms with Gasteiger partial charge in [0.2, 0.25) is 0 Å². The molecule has 96 valence electrons. The highest BCUT2D eigenvalue weighted by Crippen LogP contribution is 2.09. The number of hydrogen-bond donors (Lipinski definition) is 1. The second-order valence-corrected chi connectivity index (χ2v) is 4.51. The van der Waals surface area contributed by atoms with Crippen LogP contribution in [0.5, 0.6) is 0 Å². The third-order valence-electron chi connectivity index (χ3n) is 2.69. The number of hydrogen-bond acceptors (Lipinski definition) is 5. The van der Waals surface area contributed by atoms with Crippen LogP contribution in [0.25, 0.3) is 6.08 Å². The number of rotatable bonds is 4. The molecule has 0 bridgehead atoms. The van der Waals surface area contributed by atoms with Crippen molar-refractivity contribution in [3.05, 3.63) is 29.9 Å². The first-order valence-electron chi connectivity index (χ1n) is 6.17. The number of aromatic nitrogens is 2. The van der Waals surface area contributed by atoms with Crippen molar-refractivity contribution in [2.75, 3.05) is 27.2 Å². The fourth-order valence-electron chi connectivity index (χ4n) is 1.74. The summed E-state index contributed by atoms with van der Waals surface area (Å²) in [6.07, 6.45) is 8.45. The summed E-state index contributed by atoms with van der Waals surface area (Å²) < 4.78 is 0. The molecular formula is C13H19N5. The van der Waals surface area contributed by atoms with Gasteiger partial charge in [-0.2, -0.15) is 0 Å². The van der Waals surface area contributed by atoms with Gasteiger partial charge in [0.1, 0.15) is 5.84 Å². The lowest BCUT2D eigenvalue weighted by molar-refractivity contribution is 0.400. The van der Waals surface area contributed by atoms with Gasteiger partial charge in [-0.3, -0.25) is 15.0 Å². The van der Waals surface area contributed by atoms with E-state index in [0.717, 1.165) is 36.7 Å². The molecule has 1 aromatic rings. The van der Waals surface area contributed by atoms with Gasteiger partial charge in [-0.1, -0.05) is 0 Å². The second-order valence-electron chi connectivity index (χ2n) is 4.51. The van der Waals surface area contributed by atoms with Crippen LogP contribution in [-0.4, -0.2) is 47.9 Å². The topological polar surface area (TPSA) is 53.4 Å². The summed E-state index contributed by atoms with van der Waals surface area (Å²) in [5.74, 6) is 0.911. The Hall–Kier alpha value is -1.75. The average molecular weight is 245 g/mol. The van der Waals surface area contributed by atoms with Gasteiger partial charge < -0.3 is 10.2 Å².